The molecular formula is C19H22N4O2. The van der Waals surface area contributed by atoms with Gasteiger partial charge in [-0.25, -0.2) is 4.79 Å². The lowest BCUT2D eigenvalue weighted by molar-refractivity contribution is 0.120. The maximum absolute atomic E-state index is 12.2. The molecule has 1 amide bonds. The van der Waals surface area contributed by atoms with Crippen LogP contribution in [0.5, 0.6) is 0 Å². The molecule has 2 aliphatic heterocycles. The Hall–Kier alpha value is -2.47. The summed E-state index contributed by atoms with van der Waals surface area (Å²) in [6, 6.07) is 12.1. The topological polar surface area (TPSA) is 58.6 Å². The van der Waals surface area contributed by atoms with Gasteiger partial charge in [-0.2, -0.15) is 0 Å². The Morgan fingerprint density at radius 2 is 2.04 bits per heavy atom. The minimum Gasteiger partial charge on any atom is -0.442 e. The number of aromatic nitrogens is 2. The first-order chi connectivity index (χ1) is 12.2. The highest BCUT2D eigenvalue weighted by molar-refractivity contribution is 5.71. The zero-order valence-electron chi connectivity index (χ0n) is 14.3. The molecule has 2 aliphatic rings. The first kappa shape index (κ1) is 16.0. The molecule has 2 fully saturated rings. The van der Waals surface area contributed by atoms with Crippen LogP contribution in [0.2, 0.25) is 0 Å². The van der Waals surface area contributed by atoms with E-state index in [0.717, 1.165) is 43.1 Å². The third-order valence-corrected chi connectivity index (χ3v) is 4.87. The number of pyridine rings is 2. The molecule has 0 N–H and O–H groups in total. The summed E-state index contributed by atoms with van der Waals surface area (Å²) in [7, 11) is 0. The summed E-state index contributed by atoms with van der Waals surface area (Å²) in [6.07, 6.45) is 2.30. The van der Waals surface area contributed by atoms with Gasteiger partial charge in [-0.15, -0.1) is 0 Å². The minimum absolute atomic E-state index is 0.0407. The van der Waals surface area contributed by atoms with Gasteiger partial charge in [0.15, 0.2) is 0 Å². The van der Waals surface area contributed by atoms with Crippen LogP contribution in [0.25, 0.3) is 0 Å². The normalized spacial score (nSPS) is 22.9. The maximum Gasteiger partial charge on any atom is 0.410 e. The summed E-state index contributed by atoms with van der Waals surface area (Å²) in [5, 5.41) is 0. The van der Waals surface area contributed by atoms with Crippen LogP contribution in [0, 0.1) is 6.92 Å². The van der Waals surface area contributed by atoms with Gasteiger partial charge in [0, 0.05) is 50.2 Å². The van der Waals surface area contributed by atoms with Gasteiger partial charge >= 0.3 is 6.09 Å². The van der Waals surface area contributed by atoms with E-state index in [1.165, 1.54) is 0 Å². The molecule has 0 aromatic carbocycles. The van der Waals surface area contributed by atoms with E-state index >= 15 is 0 Å². The summed E-state index contributed by atoms with van der Waals surface area (Å²) in [5.41, 5.74) is 3.09. The van der Waals surface area contributed by atoms with Crippen molar-refractivity contribution in [2.75, 3.05) is 19.6 Å². The Kier molecular flexibility index (Phi) is 4.36. The number of aryl methyl sites for hydroxylation is 1. The molecule has 0 unspecified atom stereocenters. The number of rotatable bonds is 5. The molecule has 6 nitrogen and oxygen atoms in total. The van der Waals surface area contributed by atoms with Crippen molar-refractivity contribution in [3.63, 3.8) is 0 Å². The Bertz CT molecular complexity index is 752. The first-order valence-electron chi connectivity index (χ1n) is 8.71. The van der Waals surface area contributed by atoms with Crippen molar-refractivity contribution in [1.29, 1.82) is 0 Å². The fourth-order valence-corrected chi connectivity index (χ4v) is 3.66. The number of fused-ring (bicyclic) bond motifs is 1. The van der Waals surface area contributed by atoms with Crippen molar-refractivity contribution in [2.24, 2.45) is 0 Å². The van der Waals surface area contributed by atoms with E-state index in [1.54, 1.807) is 6.20 Å². The summed E-state index contributed by atoms with van der Waals surface area (Å²) in [4.78, 5) is 25.3. The quantitative estimate of drug-likeness (QED) is 0.835. The van der Waals surface area contributed by atoms with Crippen molar-refractivity contribution in [3.05, 3.63) is 59.7 Å². The highest BCUT2D eigenvalue weighted by Crippen LogP contribution is 2.27. The van der Waals surface area contributed by atoms with Gasteiger partial charge in [0.1, 0.15) is 6.10 Å². The Morgan fingerprint density at radius 3 is 2.84 bits per heavy atom. The monoisotopic (exact) mass is 338 g/mol. The van der Waals surface area contributed by atoms with Crippen molar-refractivity contribution >= 4 is 6.09 Å². The summed E-state index contributed by atoms with van der Waals surface area (Å²) in [6.45, 7) is 5.04. The lowest BCUT2D eigenvalue weighted by Gasteiger charge is -2.22. The fourth-order valence-electron chi connectivity index (χ4n) is 3.66. The molecule has 2 aromatic heterocycles. The number of likely N-dealkylation sites (tertiary alicyclic amines) is 1. The van der Waals surface area contributed by atoms with Gasteiger partial charge in [-0.1, -0.05) is 12.1 Å². The molecule has 2 aromatic rings. The largest absolute Gasteiger partial charge is 0.442 e. The van der Waals surface area contributed by atoms with E-state index in [2.05, 4.69) is 14.9 Å². The van der Waals surface area contributed by atoms with Crippen molar-refractivity contribution in [3.8, 4) is 0 Å². The van der Waals surface area contributed by atoms with Gasteiger partial charge in [0.25, 0.3) is 0 Å². The lowest BCUT2D eigenvalue weighted by Crippen LogP contribution is -2.39. The zero-order chi connectivity index (χ0) is 17.2. The summed E-state index contributed by atoms with van der Waals surface area (Å²) in [5.74, 6) is 0. The van der Waals surface area contributed by atoms with Crippen LogP contribution in [-0.2, 0) is 17.7 Å². The molecule has 4 rings (SSSR count). The van der Waals surface area contributed by atoms with Crippen LogP contribution >= 0.6 is 0 Å². The standard InChI is InChI=1S/C19H22N4O2/c1-14-5-4-7-16(21-14)11-22-12-17-18(13-22)25-19(24)23(17)10-8-15-6-2-3-9-20-15/h2-7,9,17-18H,8,10-13H2,1H3/t17-,18+/m0/s1. The second-order valence-corrected chi connectivity index (χ2v) is 6.72. The van der Waals surface area contributed by atoms with Crippen LogP contribution in [-0.4, -0.2) is 57.6 Å². The van der Waals surface area contributed by atoms with Gasteiger partial charge in [-0.05, 0) is 31.2 Å². The average Bonchev–Trinajstić information content (AvgIpc) is 3.10. The van der Waals surface area contributed by atoms with Crippen molar-refractivity contribution in [1.82, 2.24) is 19.8 Å². The molecule has 0 radical (unpaired) electrons. The van der Waals surface area contributed by atoms with Crippen LogP contribution < -0.4 is 0 Å². The molecular weight excluding hydrogens is 316 g/mol. The second-order valence-electron chi connectivity index (χ2n) is 6.72. The van der Waals surface area contributed by atoms with E-state index in [-0.39, 0.29) is 18.2 Å². The average molecular weight is 338 g/mol. The van der Waals surface area contributed by atoms with Crippen LogP contribution in [0.15, 0.2) is 42.6 Å². The smallest absolute Gasteiger partial charge is 0.410 e. The zero-order valence-corrected chi connectivity index (χ0v) is 14.3. The van der Waals surface area contributed by atoms with E-state index in [1.807, 2.05) is 48.2 Å². The van der Waals surface area contributed by atoms with Crippen LogP contribution in [0.4, 0.5) is 4.79 Å². The van der Waals surface area contributed by atoms with E-state index < -0.39 is 0 Å². The highest BCUT2D eigenvalue weighted by atomic mass is 16.6. The highest BCUT2D eigenvalue weighted by Gasteiger charge is 2.47. The van der Waals surface area contributed by atoms with Crippen LogP contribution in [0.3, 0.4) is 0 Å². The van der Waals surface area contributed by atoms with Gasteiger partial charge in [0.05, 0.1) is 11.7 Å². The lowest BCUT2D eigenvalue weighted by atomic mass is 10.2. The van der Waals surface area contributed by atoms with E-state index in [9.17, 15) is 4.79 Å². The Balaban J connectivity index is 1.38. The number of ether oxygens (including phenoxy) is 1. The summed E-state index contributed by atoms with van der Waals surface area (Å²) >= 11 is 0. The van der Waals surface area contributed by atoms with E-state index in [0.29, 0.717) is 6.54 Å². The molecule has 2 atom stereocenters. The predicted octanol–water partition coefficient (Wildman–Crippen LogP) is 2.03. The number of amides is 1. The number of hydrogen-bond acceptors (Lipinski definition) is 5. The Morgan fingerprint density at radius 1 is 1.16 bits per heavy atom. The molecule has 0 spiro atoms. The van der Waals surface area contributed by atoms with Gasteiger partial charge in [0.2, 0.25) is 0 Å². The third kappa shape index (κ3) is 3.49. The first-order valence-corrected chi connectivity index (χ1v) is 8.71. The van der Waals surface area contributed by atoms with Gasteiger partial charge in [-0.3, -0.25) is 19.8 Å². The molecule has 0 bridgehead atoms. The molecule has 4 heterocycles. The molecule has 25 heavy (non-hydrogen) atoms. The fraction of sp³-hybridized carbons (Fsp3) is 0.421. The minimum atomic E-state index is -0.195. The molecule has 130 valence electrons. The molecule has 2 saturated heterocycles. The molecule has 6 heteroatoms. The number of hydrogen-bond donors (Lipinski definition) is 0. The van der Waals surface area contributed by atoms with E-state index in [4.69, 9.17) is 4.74 Å². The number of nitrogens with zero attached hydrogens (tertiary/aromatic N) is 4. The second kappa shape index (κ2) is 6.80. The molecule has 0 aliphatic carbocycles. The van der Waals surface area contributed by atoms with Crippen LogP contribution in [0.1, 0.15) is 17.1 Å². The third-order valence-electron chi connectivity index (χ3n) is 4.87. The Labute approximate surface area is 147 Å². The van der Waals surface area contributed by atoms with Crippen molar-refractivity contribution < 1.29 is 9.53 Å². The SMILES string of the molecule is Cc1cccc(CN2C[C@H]3OC(=O)N(CCc4ccccn4)[C@H]3C2)n1. The number of carbonyl (C=O) groups is 1. The maximum atomic E-state index is 12.2. The molecule has 0 saturated carbocycles. The number of carbonyl (C=O) groups excluding carboxylic acids is 1. The summed E-state index contributed by atoms with van der Waals surface area (Å²) < 4.78 is 5.58. The van der Waals surface area contributed by atoms with Gasteiger partial charge < -0.3 is 4.74 Å². The predicted molar refractivity (Wildman–Crippen MR) is 93.0 cm³/mol. The van der Waals surface area contributed by atoms with Crippen molar-refractivity contribution in [2.45, 2.75) is 32.0 Å².